The van der Waals surface area contributed by atoms with Crippen molar-refractivity contribution in [1.29, 1.82) is 0 Å². The van der Waals surface area contributed by atoms with Gasteiger partial charge in [-0.1, -0.05) is 5.16 Å². The molecule has 14 heavy (non-hydrogen) atoms. The number of aromatic nitrogens is 3. The number of amides is 1. The molecule has 0 unspecified atom stereocenters. The molecular weight excluding hydrogens is 184 g/mol. The van der Waals surface area contributed by atoms with Gasteiger partial charge in [-0.3, -0.25) is 9.89 Å². The Kier molecular flexibility index (Phi) is 2.02. The number of carbonyl (C=O) groups excluding carboxylic acids is 1. The Hall–Kier alpha value is -2.11. The summed E-state index contributed by atoms with van der Waals surface area (Å²) in [4.78, 5) is 11.4. The van der Waals surface area contributed by atoms with E-state index in [1.54, 1.807) is 19.2 Å². The van der Waals surface area contributed by atoms with E-state index in [1.807, 2.05) is 0 Å². The summed E-state index contributed by atoms with van der Waals surface area (Å²) in [6.45, 7) is 1.75. The zero-order chi connectivity index (χ0) is 9.97. The van der Waals surface area contributed by atoms with Crippen LogP contribution in [-0.4, -0.2) is 21.3 Å². The smallest absolute Gasteiger partial charge is 0.294 e. The van der Waals surface area contributed by atoms with Crippen LogP contribution >= 0.6 is 0 Å². The maximum Gasteiger partial charge on any atom is 0.294 e. The fourth-order valence-corrected chi connectivity index (χ4v) is 0.983. The van der Waals surface area contributed by atoms with E-state index in [1.165, 1.54) is 6.20 Å². The minimum absolute atomic E-state index is 0.184. The Morgan fingerprint density at radius 1 is 1.64 bits per heavy atom. The van der Waals surface area contributed by atoms with Crippen molar-refractivity contribution < 1.29 is 9.32 Å². The number of hydrogen-bond donors (Lipinski definition) is 2. The molecule has 0 radical (unpaired) electrons. The van der Waals surface area contributed by atoms with Crippen LogP contribution < -0.4 is 5.32 Å². The molecule has 0 atom stereocenters. The third-order valence-corrected chi connectivity index (χ3v) is 1.61. The van der Waals surface area contributed by atoms with Crippen molar-refractivity contribution in [1.82, 2.24) is 15.4 Å². The first-order valence-electron chi connectivity index (χ1n) is 3.99. The molecule has 1 amide bonds. The number of carbonyl (C=O) groups is 1. The lowest BCUT2D eigenvalue weighted by Crippen LogP contribution is -2.10. The van der Waals surface area contributed by atoms with Crippen molar-refractivity contribution in [3.63, 3.8) is 0 Å². The first-order valence-corrected chi connectivity index (χ1v) is 3.99. The fraction of sp³-hybridized carbons (Fsp3) is 0.125. The van der Waals surface area contributed by atoms with Gasteiger partial charge in [-0.2, -0.15) is 5.10 Å². The molecule has 0 bridgehead atoms. The van der Waals surface area contributed by atoms with Crippen LogP contribution in [0.5, 0.6) is 0 Å². The number of aryl methyl sites for hydroxylation is 1. The topological polar surface area (TPSA) is 83.8 Å². The quantitative estimate of drug-likeness (QED) is 0.742. The maximum atomic E-state index is 11.4. The molecule has 0 spiro atoms. The Labute approximate surface area is 79.3 Å². The van der Waals surface area contributed by atoms with E-state index in [0.29, 0.717) is 11.4 Å². The molecule has 0 saturated carbocycles. The van der Waals surface area contributed by atoms with Crippen LogP contribution in [0.2, 0.25) is 0 Å². The highest BCUT2D eigenvalue weighted by molar-refractivity contribution is 6.02. The molecule has 2 N–H and O–H groups in total. The Bertz CT molecular complexity index is 432. The molecule has 0 aromatic carbocycles. The summed E-state index contributed by atoms with van der Waals surface area (Å²) < 4.78 is 4.78. The van der Waals surface area contributed by atoms with Crippen LogP contribution in [0.1, 0.15) is 16.2 Å². The summed E-state index contributed by atoms with van der Waals surface area (Å²) in [5.74, 6) is -0.157. The number of rotatable bonds is 2. The molecule has 0 fully saturated rings. The maximum absolute atomic E-state index is 11.4. The standard InChI is InChI=1S/C8H8N4O2/c1-5-2-7(14-12-5)8(13)11-6-3-9-10-4-6/h2-4H,1H3,(H,9,10)(H,11,13). The molecule has 2 aromatic heterocycles. The van der Waals surface area contributed by atoms with Gasteiger partial charge in [0, 0.05) is 12.3 Å². The van der Waals surface area contributed by atoms with Crippen molar-refractivity contribution in [2.24, 2.45) is 0 Å². The van der Waals surface area contributed by atoms with Gasteiger partial charge in [-0.15, -0.1) is 0 Å². The summed E-state index contributed by atoms with van der Waals surface area (Å²) in [6, 6.07) is 1.56. The van der Waals surface area contributed by atoms with E-state index in [9.17, 15) is 4.79 Å². The Balaban J connectivity index is 2.10. The van der Waals surface area contributed by atoms with Crippen molar-refractivity contribution in [3.8, 4) is 0 Å². The van der Waals surface area contributed by atoms with Crippen LogP contribution in [0.4, 0.5) is 5.69 Å². The van der Waals surface area contributed by atoms with E-state index < -0.39 is 0 Å². The fourth-order valence-electron chi connectivity index (χ4n) is 0.983. The minimum atomic E-state index is -0.341. The number of nitrogens with zero attached hydrogens (tertiary/aromatic N) is 2. The number of hydrogen-bond acceptors (Lipinski definition) is 4. The van der Waals surface area contributed by atoms with Gasteiger partial charge in [-0.05, 0) is 6.92 Å². The van der Waals surface area contributed by atoms with Crippen LogP contribution in [-0.2, 0) is 0 Å². The first kappa shape index (κ1) is 8.49. The van der Waals surface area contributed by atoms with Crippen molar-refractivity contribution in [3.05, 3.63) is 29.9 Å². The number of anilines is 1. The summed E-state index contributed by atoms with van der Waals surface area (Å²) >= 11 is 0. The molecule has 0 saturated heterocycles. The van der Waals surface area contributed by atoms with E-state index in [0.717, 1.165) is 0 Å². The molecule has 6 nitrogen and oxygen atoms in total. The highest BCUT2D eigenvalue weighted by Gasteiger charge is 2.11. The van der Waals surface area contributed by atoms with Gasteiger partial charge in [0.1, 0.15) is 0 Å². The summed E-state index contributed by atoms with van der Waals surface area (Å²) in [7, 11) is 0. The summed E-state index contributed by atoms with van der Waals surface area (Å²) in [5, 5.41) is 12.5. The monoisotopic (exact) mass is 192 g/mol. The zero-order valence-electron chi connectivity index (χ0n) is 7.44. The lowest BCUT2D eigenvalue weighted by Gasteiger charge is -1.95. The average Bonchev–Trinajstić information content (AvgIpc) is 2.75. The van der Waals surface area contributed by atoms with Crippen molar-refractivity contribution >= 4 is 11.6 Å². The molecule has 6 heteroatoms. The van der Waals surface area contributed by atoms with Gasteiger partial charge in [0.25, 0.3) is 5.91 Å². The molecule has 2 rings (SSSR count). The molecule has 0 aliphatic rings. The molecule has 2 aromatic rings. The molecule has 0 aliphatic heterocycles. The van der Waals surface area contributed by atoms with Gasteiger partial charge in [-0.25, -0.2) is 0 Å². The third kappa shape index (κ3) is 1.63. The first-order chi connectivity index (χ1) is 6.75. The number of H-pyrrole nitrogens is 1. The molecular formula is C8H8N4O2. The van der Waals surface area contributed by atoms with Crippen molar-refractivity contribution in [2.45, 2.75) is 6.92 Å². The lowest BCUT2D eigenvalue weighted by atomic mass is 10.3. The predicted octanol–water partition coefficient (Wildman–Crippen LogP) is 0.958. The minimum Gasteiger partial charge on any atom is -0.351 e. The lowest BCUT2D eigenvalue weighted by molar-refractivity contribution is 0.0988. The number of aromatic amines is 1. The van der Waals surface area contributed by atoms with Crippen LogP contribution in [0.25, 0.3) is 0 Å². The average molecular weight is 192 g/mol. The van der Waals surface area contributed by atoms with Crippen LogP contribution in [0, 0.1) is 6.92 Å². The van der Waals surface area contributed by atoms with Gasteiger partial charge in [0.2, 0.25) is 5.76 Å². The number of nitrogens with one attached hydrogen (secondary N) is 2. The highest BCUT2D eigenvalue weighted by Crippen LogP contribution is 2.07. The van der Waals surface area contributed by atoms with E-state index in [2.05, 4.69) is 20.7 Å². The molecule has 72 valence electrons. The van der Waals surface area contributed by atoms with Gasteiger partial charge < -0.3 is 9.84 Å². The normalized spacial score (nSPS) is 10.1. The van der Waals surface area contributed by atoms with E-state index in [4.69, 9.17) is 4.52 Å². The SMILES string of the molecule is Cc1cc(C(=O)Nc2cn[nH]c2)on1. The second-order valence-electron chi connectivity index (χ2n) is 2.77. The van der Waals surface area contributed by atoms with Crippen LogP contribution in [0.15, 0.2) is 23.0 Å². The van der Waals surface area contributed by atoms with E-state index in [-0.39, 0.29) is 11.7 Å². The van der Waals surface area contributed by atoms with Crippen molar-refractivity contribution in [2.75, 3.05) is 5.32 Å². The summed E-state index contributed by atoms with van der Waals surface area (Å²) in [5.41, 5.74) is 1.26. The Morgan fingerprint density at radius 3 is 3.07 bits per heavy atom. The summed E-state index contributed by atoms with van der Waals surface area (Å²) in [6.07, 6.45) is 3.07. The third-order valence-electron chi connectivity index (χ3n) is 1.61. The van der Waals surface area contributed by atoms with Gasteiger partial charge in [0.15, 0.2) is 0 Å². The second kappa shape index (κ2) is 3.33. The van der Waals surface area contributed by atoms with Gasteiger partial charge in [0.05, 0.1) is 17.6 Å². The van der Waals surface area contributed by atoms with E-state index >= 15 is 0 Å². The molecule has 2 heterocycles. The second-order valence-corrected chi connectivity index (χ2v) is 2.77. The largest absolute Gasteiger partial charge is 0.351 e. The Morgan fingerprint density at radius 2 is 2.50 bits per heavy atom. The van der Waals surface area contributed by atoms with Gasteiger partial charge >= 0.3 is 0 Å². The highest BCUT2D eigenvalue weighted by atomic mass is 16.5. The van der Waals surface area contributed by atoms with Crippen LogP contribution in [0.3, 0.4) is 0 Å². The predicted molar refractivity (Wildman–Crippen MR) is 47.8 cm³/mol. The zero-order valence-corrected chi connectivity index (χ0v) is 7.44. The molecule has 0 aliphatic carbocycles.